The molecule has 1 fully saturated rings. The summed E-state index contributed by atoms with van der Waals surface area (Å²) in [4.78, 5) is 30.4. The van der Waals surface area contributed by atoms with E-state index in [9.17, 15) is 9.59 Å². The molecule has 2 heterocycles. The van der Waals surface area contributed by atoms with E-state index in [1.165, 1.54) is 0 Å². The molecule has 0 radical (unpaired) electrons. The van der Waals surface area contributed by atoms with Gasteiger partial charge in [0.05, 0.1) is 7.11 Å². The fourth-order valence-corrected chi connectivity index (χ4v) is 2.53. The number of nitrogens with zero attached hydrogens (tertiary/aromatic N) is 2. The van der Waals surface area contributed by atoms with Crippen LogP contribution < -0.4 is 10.1 Å². The van der Waals surface area contributed by atoms with E-state index < -0.39 is 11.6 Å². The molecule has 2 amide bonds. The van der Waals surface area contributed by atoms with Gasteiger partial charge in [-0.3, -0.25) is 9.59 Å². The van der Waals surface area contributed by atoms with Gasteiger partial charge in [-0.05, 0) is 31.9 Å². The van der Waals surface area contributed by atoms with Crippen molar-refractivity contribution in [3.8, 4) is 5.88 Å². The lowest BCUT2D eigenvalue weighted by atomic mass is 9.95. The summed E-state index contributed by atoms with van der Waals surface area (Å²) in [6, 6.07) is 3.16. The highest BCUT2D eigenvalue weighted by Gasteiger charge is 2.44. The minimum atomic E-state index is -0.875. The van der Waals surface area contributed by atoms with Crippen LogP contribution in [0.1, 0.15) is 32.8 Å². The Morgan fingerprint density at radius 2 is 2.14 bits per heavy atom. The first-order chi connectivity index (χ1) is 9.89. The molecule has 0 aromatic carbocycles. The molecule has 0 bridgehead atoms. The first-order valence-corrected chi connectivity index (χ1v) is 7.01. The van der Waals surface area contributed by atoms with Crippen molar-refractivity contribution in [1.82, 2.24) is 15.2 Å². The number of ether oxygens (including phenoxy) is 1. The molecule has 0 spiro atoms. The Hall–Kier alpha value is -2.11. The van der Waals surface area contributed by atoms with Gasteiger partial charge in [0.2, 0.25) is 17.7 Å². The van der Waals surface area contributed by atoms with E-state index in [-0.39, 0.29) is 11.8 Å². The Morgan fingerprint density at radius 1 is 1.43 bits per heavy atom. The van der Waals surface area contributed by atoms with Crippen molar-refractivity contribution < 1.29 is 14.3 Å². The van der Waals surface area contributed by atoms with E-state index in [1.807, 2.05) is 13.0 Å². The van der Waals surface area contributed by atoms with Crippen LogP contribution in [-0.4, -0.2) is 40.4 Å². The molecule has 1 aromatic heterocycles. The average molecular weight is 291 g/mol. The Bertz CT molecular complexity index is 557. The maximum Gasteiger partial charge on any atom is 0.248 e. The van der Waals surface area contributed by atoms with Gasteiger partial charge >= 0.3 is 0 Å². The number of hydrogen-bond donors (Lipinski definition) is 1. The van der Waals surface area contributed by atoms with Crippen molar-refractivity contribution in [2.45, 2.75) is 45.3 Å². The van der Waals surface area contributed by atoms with Gasteiger partial charge in [0.15, 0.2) is 0 Å². The number of aromatic nitrogens is 1. The monoisotopic (exact) mass is 291 g/mol. The van der Waals surface area contributed by atoms with Crippen molar-refractivity contribution in [1.29, 1.82) is 0 Å². The highest BCUT2D eigenvalue weighted by atomic mass is 16.5. The zero-order chi connectivity index (χ0) is 15.6. The number of rotatable bonds is 4. The van der Waals surface area contributed by atoms with Gasteiger partial charge < -0.3 is 15.0 Å². The molecular formula is C15H21N3O3. The van der Waals surface area contributed by atoms with Crippen LogP contribution in [0.15, 0.2) is 18.3 Å². The summed E-state index contributed by atoms with van der Waals surface area (Å²) < 4.78 is 5.09. The second-order valence-electron chi connectivity index (χ2n) is 5.68. The fraction of sp³-hybridized carbons (Fsp3) is 0.533. The predicted molar refractivity (Wildman–Crippen MR) is 77.6 cm³/mol. The highest BCUT2D eigenvalue weighted by molar-refractivity contribution is 5.99. The van der Waals surface area contributed by atoms with E-state index in [0.29, 0.717) is 18.8 Å². The number of nitrogens with one attached hydrogen (secondary N) is 1. The number of carbonyl (C=O) groups is 2. The summed E-state index contributed by atoms with van der Waals surface area (Å²) >= 11 is 0. The average Bonchev–Trinajstić information content (AvgIpc) is 2.44. The summed E-state index contributed by atoms with van der Waals surface area (Å²) in [5.74, 6) is 0.307. The number of methoxy groups -OCH3 is 1. The van der Waals surface area contributed by atoms with E-state index in [0.717, 1.165) is 5.56 Å². The number of pyridine rings is 1. The Kier molecular flexibility index (Phi) is 4.16. The largest absolute Gasteiger partial charge is 0.481 e. The molecule has 1 aromatic rings. The molecule has 0 aliphatic carbocycles. The van der Waals surface area contributed by atoms with Crippen molar-refractivity contribution >= 4 is 11.8 Å². The molecule has 1 aliphatic heterocycles. The fourth-order valence-electron chi connectivity index (χ4n) is 2.53. The molecule has 6 nitrogen and oxygen atoms in total. The summed E-state index contributed by atoms with van der Waals surface area (Å²) in [6.07, 6.45) is 2.21. The lowest BCUT2D eigenvalue weighted by Crippen LogP contribution is -2.67. The van der Waals surface area contributed by atoms with Crippen LogP contribution in [-0.2, 0) is 16.1 Å². The topological polar surface area (TPSA) is 71.5 Å². The number of hydrogen-bond acceptors (Lipinski definition) is 4. The van der Waals surface area contributed by atoms with E-state index in [2.05, 4.69) is 10.3 Å². The second-order valence-corrected chi connectivity index (χ2v) is 5.68. The number of piperazine rings is 1. The van der Waals surface area contributed by atoms with Gasteiger partial charge in [-0.15, -0.1) is 0 Å². The van der Waals surface area contributed by atoms with Gasteiger partial charge in [0, 0.05) is 18.8 Å². The molecule has 114 valence electrons. The van der Waals surface area contributed by atoms with Crippen LogP contribution >= 0.6 is 0 Å². The van der Waals surface area contributed by atoms with E-state index in [1.54, 1.807) is 38.1 Å². The predicted octanol–water partition coefficient (Wildman–Crippen LogP) is 1.11. The Morgan fingerprint density at radius 3 is 2.76 bits per heavy atom. The lowest BCUT2D eigenvalue weighted by molar-refractivity contribution is -0.154. The number of amides is 2. The minimum absolute atomic E-state index is 0.0790. The normalized spacial score (nSPS) is 21.1. The molecule has 1 aliphatic rings. The quantitative estimate of drug-likeness (QED) is 0.902. The van der Waals surface area contributed by atoms with E-state index in [4.69, 9.17) is 4.74 Å². The highest BCUT2D eigenvalue weighted by Crippen LogP contribution is 2.23. The third-order valence-electron chi connectivity index (χ3n) is 3.66. The first kappa shape index (κ1) is 15.3. The van der Waals surface area contributed by atoms with Crippen LogP contribution in [0.5, 0.6) is 5.88 Å². The molecule has 21 heavy (non-hydrogen) atoms. The van der Waals surface area contributed by atoms with E-state index >= 15 is 0 Å². The smallest absolute Gasteiger partial charge is 0.248 e. The zero-order valence-electron chi connectivity index (χ0n) is 12.8. The van der Waals surface area contributed by atoms with Gasteiger partial charge in [-0.25, -0.2) is 4.98 Å². The zero-order valence-corrected chi connectivity index (χ0v) is 12.8. The van der Waals surface area contributed by atoms with Gasteiger partial charge in [-0.1, -0.05) is 6.92 Å². The maximum absolute atomic E-state index is 12.6. The van der Waals surface area contributed by atoms with Crippen LogP contribution in [0.2, 0.25) is 0 Å². The SMILES string of the molecule is CCC1C(=O)NC(C)(C)C(=O)N1Cc1ccnc(OC)c1. The first-order valence-electron chi connectivity index (χ1n) is 7.01. The molecular weight excluding hydrogens is 270 g/mol. The van der Waals surface area contributed by atoms with Crippen LogP contribution in [0, 0.1) is 0 Å². The summed E-state index contributed by atoms with van der Waals surface area (Å²) in [6.45, 7) is 5.71. The van der Waals surface area contributed by atoms with Gasteiger partial charge in [0.1, 0.15) is 11.6 Å². The van der Waals surface area contributed by atoms with Crippen LogP contribution in [0.25, 0.3) is 0 Å². The molecule has 0 saturated carbocycles. The molecule has 1 unspecified atom stereocenters. The molecule has 2 rings (SSSR count). The Balaban J connectivity index is 2.29. The van der Waals surface area contributed by atoms with Gasteiger partial charge in [0.25, 0.3) is 0 Å². The molecule has 1 saturated heterocycles. The van der Waals surface area contributed by atoms with Crippen molar-refractivity contribution in [3.63, 3.8) is 0 Å². The summed E-state index contributed by atoms with van der Waals surface area (Å²) in [5, 5.41) is 2.78. The van der Waals surface area contributed by atoms with Crippen molar-refractivity contribution in [2.75, 3.05) is 7.11 Å². The van der Waals surface area contributed by atoms with Crippen molar-refractivity contribution in [3.05, 3.63) is 23.9 Å². The second kappa shape index (κ2) is 5.71. The lowest BCUT2D eigenvalue weighted by Gasteiger charge is -2.42. The third kappa shape index (κ3) is 2.99. The molecule has 6 heteroatoms. The molecule has 1 N–H and O–H groups in total. The Labute approximate surface area is 124 Å². The molecule has 1 atom stereocenters. The summed E-state index contributed by atoms with van der Waals surface area (Å²) in [7, 11) is 1.55. The minimum Gasteiger partial charge on any atom is -0.481 e. The summed E-state index contributed by atoms with van der Waals surface area (Å²) in [5.41, 5.74) is 0.0130. The number of carbonyl (C=O) groups excluding carboxylic acids is 2. The van der Waals surface area contributed by atoms with Crippen LogP contribution in [0.4, 0.5) is 0 Å². The standard InChI is InChI=1S/C15H21N3O3/c1-5-11-13(19)17-15(2,3)14(20)18(11)9-10-6-7-16-12(8-10)21-4/h6-8,11H,5,9H2,1-4H3,(H,17,19). The van der Waals surface area contributed by atoms with Crippen molar-refractivity contribution in [2.24, 2.45) is 0 Å². The van der Waals surface area contributed by atoms with Gasteiger partial charge in [-0.2, -0.15) is 0 Å². The third-order valence-corrected chi connectivity index (χ3v) is 3.66. The maximum atomic E-state index is 12.6. The van der Waals surface area contributed by atoms with Crippen LogP contribution in [0.3, 0.4) is 0 Å².